The fourth-order valence-electron chi connectivity index (χ4n) is 4.64. The van der Waals surface area contributed by atoms with E-state index in [2.05, 4.69) is 0 Å². The molecule has 0 spiro atoms. The van der Waals surface area contributed by atoms with Gasteiger partial charge in [0.15, 0.2) is 42.6 Å². The molecule has 3 heterocycles. The summed E-state index contributed by atoms with van der Waals surface area (Å²) in [6.07, 6.45) is -16.5. The van der Waals surface area contributed by atoms with Crippen LogP contribution in [0, 0.1) is 0 Å². The number of hydrogen-bond donors (Lipinski definition) is 11. The van der Waals surface area contributed by atoms with Crippen molar-refractivity contribution >= 4 is 12.6 Å². The molecule has 3 fully saturated rings. The van der Waals surface area contributed by atoms with Crippen LogP contribution in [-0.2, 0) is 33.3 Å². The highest BCUT2D eigenvalue weighted by Gasteiger charge is 2.65. The molecule has 0 aromatic carbocycles. The highest BCUT2D eigenvalue weighted by atomic mass is 16.7. The second-order valence-corrected chi connectivity index (χ2v) is 9.43. The Kier molecular flexibility index (Phi) is 9.91. The Labute approximate surface area is 215 Å². The van der Waals surface area contributed by atoms with Crippen LogP contribution < -0.4 is 17.2 Å². The minimum absolute atomic E-state index is 0.115. The van der Waals surface area contributed by atoms with E-state index in [0.29, 0.717) is 0 Å². The maximum atomic E-state index is 11.7. The standard InChI is InChI=1S/C20H35N3O15/c21-8-11(29)13(6(1-24)34-16(8)32)36-17-9(22)12(30)14(7(2-25)35-17)37-18-10(23)15(31)20(33,5-28)19(3-26,4-27)38-18/h3,5-18,24-25,27,29-33H,1-2,4,21-23H2/t6-,7-,8-,9-,10-,11-,12-,13?,14?,15-,16-,17+,18+,19-,20+/m1/s1. The van der Waals surface area contributed by atoms with E-state index in [-0.39, 0.29) is 12.6 Å². The van der Waals surface area contributed by atoms with Crippen molar-refractivity contribution in [3.8, 4) is 0 Å². The topological polar surface area (TPSA) is 320 Å². The van der Waals surface area contributed by atoms with Gasteiger partial charge in [0.25, 0.3) is 0 Å². The predicted octanol–water partition coefficient (Wildman–Crippen LogP) is -8.54. The zero-order valence-corrected chi connectivity index (χ0v) is 19.9. The molecule has 0 bridgehead atoms. The van der Waals surface area contributed by atoms with Gasteiger partial charge in [0.2, 0.25) is 0 Å². The molecule has 18 heteroatoms. The van der Waals surface area contributed by atoms with E-state index in [0.717, 1.165) is 0 Å². The molecule has 0 aromatic heterocycles. The van der Waals surface area contributed by atoms with Gasteiger partial charge in [-0.05, 0) is 0 Å². The molecule has 3 aliphatic rings. The van der Waals surface area contributed by atoms with Crippen molar-refractivity contribution in [3.63, 3.8) is 0 Å². The summed E-state index contributed by atoms with van der Waals surface area (Å²) < 4.78 is 27.2. The Hall–Kier alpha value is -1.30. The molecule has 38 heavy (non-hydrogen) atoms. The van der Waals surface area contributed by atoms with Gasteiger partial charge in [-0.1, -0.05) is 0 Å². The van der Waals surface area contributed by atoms with Crippen molar-refractivity contribution in [2.45, 2.75) is 90.9 Å². The third-order valence-electron chi connectivity index (χ3n) is 7.14. The molecule has 3 rings (SSSR count). The van der Waals surface area contributed by atoms with Crippen molar-refractivity contribution in [2.24, 2.45) is 17.2 Å². The summed E-state index contributed by atoms with van der Waals surface area (Å²) >= 11 is 0. The van der Waals surface area contributed by atoms with E-state index in [9.17, 15) is 50.4 Å². The van der Waals surface area contributed by atoms with Gasteiger partial charge in [0.1, 0.15) is 42.7 Å². The SMILES string of the molecule is N[C@H]1[C@@H](OC2[C@@H](CO)O[C@@H](OC3[C@@H](CO)O[C@@H](O)[C@H](N)[C@H]3O)[C@H](N)[C@H]2O)O[C@](C=O)(CO)[C@](O)(C=O)[C@@H]1O. The second-order valence-electron chi connectivity index (χ2n) is 9.43. The van der Waals surface area contributed by atoms with Crippen LogP contribution in [0.1, 0.15) is 0 Å². The zero-order chi connectivity index (χ0) is 28.6. The number of carbonyl (C=O) groups is 2. The summed E-state index contributed by atoms with van der Waals surface area (Å²) in [5, 5.41) is 81.2. The minimum Gasteiger partial charge on any atom is -0.394 e. The molecular weight excluding hydrogens is 522 g/mol. The van der Waals surface area contributed by atoms with E-state index in [1.807, 2.05) is 0 Å². The normalized spacial score (nSPS) is 51.9. The van der Waals surface area contributed by atoms with Gasteiger partial charge in [-0.25, -0.2) is 0 Å². The Morgan fingerprint density at radius 1 is 0.763 bits per heavy atom. The Morgan fingerprint density at radius 2 is 1.29 bits per heavy atom. The molecule has 0 aromatic rings. The van der Waals surface area contributed by atoms with Crippen LogP contribution in [0.5, 0.6) is 0 Å². The van der Waals surface area contributed by atoms with E-state index in [1.165, 1.54) is 0 Å². The molecule has 0 aliphatic carbocycles. The highest BCUT2D eigenvalue weighted by Crippen LogP contribution is 2.37. The molecule has 3 saturated heterocycles. The molecule has 15 atom stereocenters. The molecule has 2 unspecified atom stereocenters. The van der Waals surface area contributed by atoms with Crippen LogP contribution >= 0.6 is 0 Å². The summed E-state index contributed by atoms with van der Waals surface area (Å²) in [4.78, 5) is 23.3. The predicted molar refractivity (Wildman–Crippen MR) is 117 cm³/mol. The van der Waals surface area contributed by atoms with Gasteiger partial charge in [-0.15, -0.1) is 0 Å². The lowest BCUT2D eigenvalue weighted by molar-refractivity contribution is -0.361. The lowest BCUT2D eigenvalue weighted by Gasteiger charge is -2.52. The minimum atomic E-state index is -2.95. The lowest BCUT2D eigenvalue weighted by atomic mass is 9.75. The van der Waals surface area contributed by atoms with Crippen molar-refractivity contribution in [2.75, 3.05) is 19.8 Å². The third-order valence-corrected chi connectivity index (χ3v) is 7.14. The Balaban J connectivity index is 1.80. The van der Waals surface area contributed by atoms with Gasteiger partial charge in [0, 0.05) is 0 Å². The maximum absolute atomic E-state index is 11.7. The molecule has 220 valence electrons. The fourth-order valence-corrected chi connectivity index (χ4v) is 4.64. The molecule has 0 amide bonds. The quantitative estimate of drug-likeness (QED) is 0.117. The first-order valence-electron chi connectivity index (χ1n) is 11.6. The number of ether oxygens (including phenoxy) is 5. The average molecular weight is 558 g/mol. The first-order chi connectivity index (χ1) is 17.9. The second kappa shape index (κ2) is 12.1. The third kappa shape index (κ3) is 5.12. The van der Waals surface area contributed by atoms with Crippen LogP contribution in [-0.4, -0.2) is 164 Å². The number of carbonyl (C=O) groups excluding carboxylic acids is 2. The number of nitrogens with two attached hydrogens (primary N) is 3. The molecule has 0 saturated carbocycles. The number of hydrogen-bond acceptors (Lipinski definition) is 18. The summed E-state index contributed by atoms with van der Waals surface area (Å²) in [6, 6.07) is -4.51. The van der Waals surface area contributed by atoms with Crippen molar-refractivity contribution in [1.82, 2.24) is 0 Å². The van der Waals surface area contributed by atoms with E-state index >= 15 is 0 Å². The van der Waals surface area contributed by atoms with Crippen LogP contribution in [0.25, 0.3) is 0 Å². The fraction of sp³-hybridized carbons (Fsp3) is 0.900. The molecule has 14 N–H and O–H groups in total. The zero-order valence-electron chi connectivity index (χ0n) is 19.9. The van der Waals surface area contributed by atoms with Gasteiger partial charge in [-0.2, -0.15) is 0 Å². The van der Waals surface area contributed by atoms with Crippen molar-refractivity contribution in [1.29, 1.82) is 0 Å². The number of aliphatic hydroxyl groups excluding tert-OH is 7. The summed E-state index contributed by atoms with van der Waals surface area (Å²) in [5.74, 6) is 0. The van der Waals surface area contributed by atoms with Gasteiger partial charge in [0.05, 0.1) is 37.9 Å². The lowest BCUT2D eigenvalue weighted by Crippen LogP contribution is -2.78. The summed E-state index contributed by atoms with van der Waals surface area (Å²) in [7, 11) is 0. The van der Waals surface area contributed by atoms with Crippen LogP contribution in [0.2, 0.25) is 0 Å². The van der Waals surface area contributed by atoms with Gasteiger partial charge in [-0.3, -0.25) is 9.59 Å². The van der Waals surface area contributed by atoms with Crippen molar-refractivity contribution in [3.05, 3.63) is 0 Å². The number of aliphatic hydroxyl groups is 8. The Bertz CT molecular complexity index is 825. The van der Waals surface area contributed by atoms with Crippen LogP contribution in [0.15, 0.2) is 0 Å². The first-order valence-corrected chi connectivity index (χ1v) is 11.6. The Morgan fingerprint density at radius 3 is 1.79 bits per heavy atom. The molecule has 18 nitrogen and oxygen atoms in total. The maximum Gasteiger partial charge on any atom is 0.187 e. The molecule has 0 radical (unpaired) electrons. The first kappa shape index (κ1) is 31.2. The average Bonchev–Trinajstić information content (AvgIpc) is 2.92. The van der Waals surface area contributed by atoms with E-state index < -0.39 is 111 Å². The van der Waals surface area contributed by atoms with Crippen LogP contribution in [0.3, 0.4) is 0 Å². The number of aldehydes is 2. The van der Waals surface area contributed by atoms with Gasteiger partial charge < -0.3 is 81.7 Å². The molecule has 3 aliphatic heterocycles. The smallest absolute Gasteiger partial charge is 0.187 e. The molecular formula is C20H35N3O15. The number of rotatable bonds is 9. The van der Waals surface area contributed by atoms with Crippen molar-refractivity contribution < 1.29 is 74.1 Å². The van der Waals surface area contributed by atoms with Gasteiger partial charge >= 0.3 is 0 Å². The highest BCUT2D eigenvalue weighted by molar-refractivity contribution is 5.79. The summed E-state index contributed by atoms with van der Waals surface area (Å²) in [5.41, 5.74) is 11.9. The largest absolute Gasteiger partial charge is 0.394 e. The van der Waals surface area contributed by atoms with E-state index in [4.69, 9.17) is 40.9 Å². The van der Waals surface area contributed by atoms with E-state index in [1.54, 1.807) is 0 Å². The van der Waals surface area contributed by atoms with Crippen LogP contribution in [0.4, 0.5) is 0 Å². The monoisotopic (exact) mass is 557 g/mol. The summed E-state index contributed by atoms with van der Waals surface area (Å²) in [6.45, 7) is -2.81.